The molecule has 5 heteroatoms. The minimum atomic E-state index is -0.0130. The van der Waals surface area contributed by atoms with Gasteiger partial charge in [-0.25, -0.2) is 0 Å². The Morgan fingerprint density at radius 3 is 2.28 bits per heavy atom. The largest absolute Gasteiger partial charge is 0.376 e. The fraction of sp³-hybridized carbons (Fsp3) is 0.417. The highest BCUT2D eigenvalue weighted by Gasteiger charge is 2.28. The Balaban J connectivity index is 1.28. The maximum atomic E-state index is 12.8. The van der Waals surface area contributed by atoms with Gasteiger partial charge in [-0.15, -0.1) is 0 Å². The SMILES string of the molecule is O=C(NC[C@@H]1CCCO1)C1CCN(C(=O)c2ccc(-c3ccccc3)cc2)CC1. The van der Waals surface area contributed by atoms with E-state index in [0.717, 1.165) is 30.6 Å². The number of benzene rings is 2. The molecule has 2 heterocycles. The first-order valence-electron chi connectivity index (χ1n) is 10.5. The number of likely N-dealkylation sites (tertiary alicyclic amines) is 1. The van der Waals surface area contributed by atoms with Crippen LogP contribution in [0, 0.1) is 5.92 Å². The van der Waals surface area contributed by atoms with Crippen molar-refractivity contribution in [3.8, 4) is 11.1 Å². The highest BCUT2D eigenvalue weighted by atomic mass is 16.5. The molecule has 1 N–H and O–H groups in total. The van der Waals surface area contributed by atoms with E-state index < -0.39 is 0 Å². The molecule has 0 aliphatic carbocycles. The summed E-state index contributed by atoms with van der Waals surface area (Å²) in [4.78, 5) is 27.1. The molecular weight excluding hydrogens is 364 g/mol. The van der Waals surface area contributed by atoms with Crippen LogP contribution in [0.15, 0.2) is 54.6 Å². The molecule has 2 aliphatic heterocycles. The van der Waals surface area contributed by atoms with Gasteiger partial charge in [-0.1, -0.05) is 42.5 Å². The maximum Gasteiger partial charge on any atom is 0.253 e. The van der Waals surface area contributed by atoms with Gasteiger partial charge in [-0.05, 0) is 48.9 Å². The number of nitrogens with one attached hydrogen (secondary N) is 1. The van der Waals surface area contributed by atoms with Gasteiger partial charge >= 0.3 is 0 Å². The standard InChI is InChI=1S/C24H28N2O3/c27-23(25-17-22-7-4-16-29-22)20-12-14-26(15-13-20)24(28)21-10-8-19(9-11-21)18-5-2-1-3-6-18/h1-3,5-6,8-11,20,22H,4,7,12-17H2,(H,25,27)/t22-/m0/s1. The second-order valence-electron chi connectivity index (χ2n) is 7.89. The van der Waals surface area contributed by atoms with Gasteiger partial charge in [0.2, 0.25) is 5.91 Å². The fourth-order valence-electron chi connectivity index (χ4n) is 4.13. The third-order valence-electron chi connectivity index (χ3n) is 5.92. The van der Waals surface area contributed by atoms with Gasteiger partial charge in [0.1, 0.15) is 0 Å². The molecule has 2 amide bonds. The van der Waals surface area contributed by atoms with E-state index in [1.165, 1.54) is 0 Å². The van der Waals surface area contributed by atoms with E-state index in [1.54, 1.807) is 0 Å². The molecular formula is C24H28N2O3. The second kappa shape index (κ2) is 9.23. The molecule has 152 valence electrons. The van der Waals surface area contributed by atoms with E-state index in [2.05, 4.69) is 17.4 Å². The minimum Gasteiger partial charge on any atom is -0.376 e. The van der Waals surface area contributed by atoms with E-state index in [9.17, 15) is 9.59 Å². The van der Waals surface area contributed by atoms with Gasteiger partial charge in [0, 0.05) is 37.7 Å². The highest BCUT2D eigenvalue weighted by Crippen LogP contribution is 2.22. The van der Waals surface area contributed by atoms with Crippen molar-refractivity contribution >= 4 is 11.8 Å². The van der Waals surface area contributed by atoms with E-state index in [0.29, 0.717) is 38.0 Å². The minimum absolute atomic E-state index is 0.0130. The van der Waals surface area contributed by atoms with E-state index in [-0.39, 0.29) is 23.8 Å². The Morgan fingerprint density at radius 2 is 1.62 bits per heavy atom. The zero-order valence-corrected chi connectivity index (χ0v) is 16.7. The number of ether oxygens (including phenoxy) is 1. The van der Waals surface area contributed by atoms with Crippen molar-refractivity contribution in [1.82, 2.24) is 10.2 Å². The molecule has 0 aromatic heterocycles. The number of hydrogen-bond acceptors (Lipinski definition) is 3. The van der Waals surface area contributed by atoms with E-state index in [4.69, 9.17) is 4.74 Å². The first-order chi connectivity index (χ1) is 14.2. The van der Waals surface area contributed by atoms with Crippen LogP contribution in [0.2, 0.25) is 0 Å². The van der Waals surface area contributed by atoms with Crippen LogP contribution in [-0.4, -0.2) is 49.1 Å². The third-order valence-corrected chi connectivity index (χ3v) is 5.92. The van der Waals surface area contributed by atoms with Gasteiger partial charge in [-0.3, -0.25) is 9.59 Å². The summed E-state index contributed by atoms with van der Waals surface area (Å²) in [5, 5.41) is 3.02. The van der Waals surface area contributed by atoms with Crippen LogP contribution in [0.1, 0.15) is 36.0 Å². The molecule has 0 radical (unpaired) electrons. The van der Waals surface area contributed by atoms with Gasteiger partial charge in [0.05, 0.1) is 6.10 Å². The number of rotatable bonds is 5. The molecule has 0 bridgehead atoms. The summed E-state index contributed by atoms with van der Waals surface area (Å²) in [6.45, 7) is 2.65. The van der Waals surface area contributed by atoms with E-state index >= 15 is 0 Å². The van der Waals surface area contributed by atoms with Crippen LogP contribution < -0.4 is 5.32 Å². The van der Waals surface area contributed by atoms with Crippen LogP contribution in [0.25, 0.3) is 11.1 Å². The lowest BCUT2D eigenvalue weighted by Crippen LogP contribution is -2.44. The van der Waals surface area contributed by atoms with Gasteiger partial charge in [-0.2, -0.15) is 0 Å². The number of nitrogens with zero attached hydrogens (tertiary/aromatic N) is 1. The van der Waals surface area contributed by atoms with Gasteiger partial charge in [0.15, 0.2) is 0 Å². The summed E-state index contributed by atoms with van der Waals surface area (Å²) >= 11 is 0. The predicted molar refractivity (Wildman–Crippen MR) is 112 cm³/mol. The monoisotopic (exact) mass is 392 g/mol. The Morgan fingerprint density at radius 1 is 0.931 bits per heavy atom. The zero-order valence-electron chi connectivity index (χ0n) is 16.7. The summed E-state index contributed by atoms with van der Waals surface area (Å²) in [6, 6.07) is 17.9. The van der Waals surface area contributed by atoms with Crippen molar-refractivity contribution < 1.29 is 14.3 Å². The van der Waals surface area contributed by atoms with Crippen molar-refractivity contribution in [2.24, 2.45) is 5.92 Å². The average Bonchev–Trinajstić information content (AvgIpc) is 3.31. The number of carbonyl (C=O) groups is 2. The molecule has 2 aliphatic rings. The number of hydrogen-bond donors (Lipinski definition) is 1. The lowest BCUT2D eigenvalue weighted by molar-refractivity contribution is -0.126. The first-order valence-corrected chi connectivity index (χ1v) is 10.5. The quantitative estimate of drug-likeness (QED) is 0.847. The fourth-order valence-corrected chi connectivity index (χ4v) is 4.13. The normalized spacial score (nSPS) is 19.9. The average molecular weight is 392 g/mol. The summed E-state index contributed by atoms with van der Waals surface area (Å²) in [5.41, 5.74) is 2.94. The molecule has 0 unspecified atom stereocenters. The summed E-state index contributed by atoms with van der Waals surface area (Å²) < 4.78 is 5.56. The molecule has 29 heavy (non-hydrogen) atoms. The maximum absolute atomic E-state index is 12.8. The van der Waals surface area contributed by atoms with Crippen molar-refractivity contribution in [2.75, 3.05) is 26.2 Å². The Hall–Kier alpha value is -2.66. The van der Waals surface area contributed by atoms with Crippen LogP contribution in [0.5, 0.6) is 0 Å². The van der Waals surface area contributed by atoms with Gasteiger partial charge in [0.25, 0.3) is 5.91 Å². The number of carbonyl (C=O) groups excluding carboxylic acids is 2. The first kappa shape index (κ1) is 19.6. The molecule has 1 atom stereocenters. The number of piperidine rings is 1. The van der Waals surface area contributed by atoms with Crippen LogP contribution >= 0.6 is 0 Å². The molecule has 4 rings (SSSR count). The summed E-state index contributed by atoms with van der Waals surface area (Å²) in [6.07, 6.45) is 3.69. The Labute approximate surface area is 172 Å². The molecule has 0 saturated carbocycles. The van der Waals surface area contributed by atoms with Crippen LogP contribution in [0.3, 0.4) is 0 Å². The molecule has 2 aromatic rings. The topological polar surface area (TPSA) is 58.6 Å². The zero-order chi connectivity index (χ0) is 20.1. The van der Waals surface area contributed by atoms with Crippen molar-refractivity contribution in [3.05, 3.63) is 60.2 Å². The third kappa shape index (κ3) is 4.85. The Kier molecular flexibility index (Phi) is 6.25. The Bertz CT molecular complexity index is 821. The summed E-state index contributed by atoms with van der Waals surface area (Å²) in [7, 11) is 0. The van der Waals surface area contributed by atoms with Gasteiger partial charge < -0.3 is 15.0 Å². The highest BCUT2D eigenvalue weighted by molar-refractivity contribution is 5.95. The number of amides is 2. The van der Waals surface area contributed by atoms with Crippen molar-refractivity contribution in [1.29, 1.82) is 0 Å². The smallest absolute Gasteiger partial charge is 0.253 e. The molecule has 2 fully saturated rings. The lowest BCUT2D eigenvalue weighted by atomic mass is 9.95. The molecule has 2 aromatic carbocycles. The second-order valence-corrected chi connectivity index (χ2v) is 7.89. The molecule has 2 saturated heterocycles. The van der Waals surface area contributed by atoms with E-state index in [1.807, 2.05) is 47.4 Å². The molecule has 0 spiro atoms. The lowest BCUT2D eigenvalue weighted by Gasteiger charge is -2.31. The van der Waals surface area contributed by atoms with Crippen LogP contribution in [-0.2, 0) is 9.53 Å². The molecule has 5 nitrogen and oxygen atoms in total. The van der Waals surface area contributed by atoms with Crippen LogP contribution in [0.4, 0.5) is 0 Å². The van der Waals surface area contributed by atoms with Crippen molar-refractivity contribution in [2.45, 2.75) is 31.8 Å². The van der Waals surface area contributed by atoms with Crippen molar-refractivity contribution in [3.63, 3.8) is 0 Å². The predicted octanol–water partition coefficient (Wildman–Crippen LogP) is 3.50. The summed E-state index contributed by atoms with van der Waals surface area (Å²) in [5.74, 6) is 0.128.